The van der Waals surface area contributed by atoms with Crippen molar-refractivity contribution in [1.82, 2.24) is 4.90 Å². The highest BCUT2D eigenvalue weighted by molar-refractivity contribution is 7.91. The molecule has 0 bridgehead atoms. The molecule has 188 valence electrons. The van der Waals surface area contributed by atoms with Gasteiger partial charge in [-0.05, 0) is 32.4 Å². The van der Waals surface area contributed by atoms with Crippen molar-refractivity contribution in [3.63, 3.8) is 0 Å². The lowest BCUT2D eigenvalue weighted by molar-refractivity contribution is -0.141. The van der Waals surface area contributed by atoms with Crippen molar-refractivity contribution in [2.75, 3.05) is 25.4 Å². The van der Waals surface area contributed by atoms with E-state index in [0.717, 1.165) is 6.07 Å². The van der Waals surface area contributed by atoms with E-state index in [0.29, 0.717) is 6.07 Å². The van der Waals surface area contributed by atoms with Crippen LogP contribution in [0.5, 0.6) is 5.75 Å². The van der Waals surface area contributed by atoms with Gasteiger partial charge in [-0.2, -0.15) is 13.2 Å². The van der Waals surface area contributed by atoms with Gasteiger partial charge in [0.05, 0.1) is 5.75 Å². The predicted molar refractivity (Wildman–Crippen MR) is 115 cm³/mol. The summed E-state index contributed by atoms with van der Waals surface area (Å²) in [6, 6.07) is 1.43. The first-order chi connectivity index (χ1) is 15.8. The Morgan fingerprint density at radius 3 is 2.24 bits per heavy atom. The minimum absolute atomic E-state index is 0.0573. The van der Waals surface area contributed by atoms with E-state index in [4.69, 9.17) is 4.74 Å². The zero-order chi connectivity index (χ0) is 25.8. The number of carbonyl (C=O) groups is 3. The van der Waals surface area contributed by atoms with Crippen LogP contribution in [0, 0.1) is 0 Å². The van der Waals surface area contributed by atoms with Gasteiger partial charge in [-0.1, -0.05) is 6.92 Å². The first kappa shape index (κ1) is 27.4. The summed E-state index contributed by atoms with van der Waals surface area (Å²) in [7, 11) is -4.27. The molecule has 0 fully saturated rings. The number of benzene rings is 1. The number of sulfone groups is 1. The maximum Gasteiger partial charge on any atom is 0.420 e. The highest BCUT2D eigenvalue weighted by atomic mass is 32.2. The number of halogens is 3. The van der Waals surface area contributed by atoms with Gasteiger partial charge in [-0.15, -0.1) is 0 Å². The summed E-state index contributed by atoms with van der Waals surface area (Å²) in [6.45, 7) is 4.11. The molecule has 1 amide bonds. The SMILES string of the molecule is CCN(CC)C(=O)COc1c(S(=O)(=O)CC)ccc(C(=O)C2=C(O)CCCC2=O)c1C(F)(F)F. The van der Waals surface area contributed by atoms with Crippen LogP contribution in [0.15, 0.2) is 28.4 Å². The molecular formula is C22H26F3NO7S. The molecule has 1 aromatic rings. The van der Waals surface area contributed by atoms with Gasteiger partial charge < -0.3 is 14.7 Å². The van der Waals surface area contributed by atoms with E-state index in [1.165, 1.54) is 11.8 Å². The molecule has 1 aliphatic carbocycles. The minimum atomic E-state index is -5.29. The fourth-order valence-electron chi connectivity index (χ4n) is 3.60. The molecule has 8 nitrogen and oxygen atoms in total. The van der Waals surface area contributed by atoms with Gasteiger partial charge in [0, 0.05) is 31.5 Å². The fourth-order valence-corrected chi connectivity index (χ4v) is 4.63. The zero-order valence-electron chi connectivity index (χ0n) is 19.0. The van der Waals surface area contributed by atoms with Crippen molar-refractivity contribution in [1.29, 1.82) is 0 Å². The topological polar surface area (TPSA) is 118 Å². The van der Waals surface area contributed by atoms with Crippen LogP contribution in [-0.4, -0.2) is 61.3 Å². The summed E-state index contributed by atoms with van der Waals surface area (Å²) in [6.07, 6.45) is -5.23. The Morgan fingerprint density at radius 2 is 1.74 bits per heavy atom. The third kappa shape index (κ3) is 5.60. The fraction of sp³-hybridized carbons (Fsp3) is 0.500. The predicted octanol–water partition coefficient (Wildman–Crippen LogP) is 3.49. The number of carbonyl (C=O) groups excluding carboxylic acids is 3. The number of aliphatic hydroxyl groups excluding tert-OH is 1. The Labute approximate surface area is 195 Å². The molecule has 0 aromatic heterocycles. The summed E-state index contributed by atoms with van der Waals surface area (Å²) in [5.74, 6) is -5.27. The Morgan fingerprint density at radius 1 is 1.12 bits per heavy atom. The molecule has 0 radical (unpaired) electrons. The Hall–Kier alpha value is -2.89. The lowest BCUT2D eigenvalue weighted by Crippen LogP contribution is -2.35. The summed E-state index contributed by atoms with van der Waals surface area (Å²) >= 11 is 0. The molecule has 0 aliphatic heterocycles. The van der Waals surface area contributed by atoms with E-state index in [-0.39, 0.29) is 32.4 Å². The summed E-state index contributed by atoms with van der Waals surface area (Å²) in [5, 5.41) is 10.0. The van der Waals surface area contributed by atoms with Gasteiger partial charge in [-0.25, -0.2) is 8.42 Å². The quantitative estimate of drug-likeness (QED) is 0.403. The van der Waals surface area contributed by atoms with Crippen LogP contribution in [0.2, 0.25) is 0 Å². The minimum Gasteiger partial charge on any atom is -0.511 e. The average molecular weight is 506 g/mol. The number of allylic oxidation sites excluding steroid dienone is 2. The van der Waals surface area contributed by atoms with E-state index >= 15 is 0 Å². The largest absolute Gasteiger partial charge is 0.511 e. The number of ketones is 2. The highest BCUT2D eigenvalue weighted by Gasteiger charge is 2.43. The lowest BCUT2D eigenvalue weighted by atomic mass is 9.88. The second kappa shape index (κ2) is 10.6. The number of aliphatic hydroxyl groups is 1. The maximum atomic E-state index is 14.2. The Kier molecular flexibility index (Phi) is 8.51. The molecular weight excluding hydrogens is 479 g/mol. The number of nitrogens with zero attached hydrogens (tertiary/aromatic N) is 1. The third-order valence-corrected chi connectivity index (χ3v) is 7.18. The van der Waals surface area contributed by atoms with Gasteiger partial charge in [-0.3, -0.25) is 14.4 Å². The van der Waals surface area contributed by atoms with Gasteiger partial charge in [0.15, 0.2) is 28.0 Å². The average Bonchev–Trinajstić information content (AvgIpc) is 2.76. The molecule has 0 heterocycles. The second-order valence-corrected chi connectivity index (χ2v) is 9.75. The van der Waals surface area contributed by atoms with Crippen LogP contribution >= 0.6 is 0 Å². The molecule has 0 spiro atoms. The zero-order valence-corrected chi connectivity index (χ0v) is 19.8. The number of hydrogen-bond acceptors (Lipinski definition) is 7. The third-order valence-electron chi connectivity index (χ3n) is 5.43. The molecule has 12 heteroatoms. The molecule has 2 rings (SSSR count). The van der Waals surface area contributed by atoms with Crippen molar-refractivity contribution < 1.29 is 45.8 Å². The lowest BCUT2D eigenvalue weighted by Gasteiger charge is -2.23. The van der Waals surface area contributed by atoms with Crippen LogP contribution in [0.3, 0.4) is 0 Å². The van der Waals surface area contributed by atoms with Crippen LogP contribution in [0.25, 0.3) is 0 Å². The first-order valence-corrected chi connectivity index (χ1v) is 12.3. The highest BCUT2D eigenvalue weighted by Crippen LogP contribution is 2.44. The first-order valence-electron chi connectivity index (χ1n) is 10.7. The van der Waals surface area contributed by atoms with Crippen molar-refractivity contribution >= 4 is 27.3 Å². The van der Waals surface area contributed by atoms with E-state index in [1.807, 2.05) is 0 Å². The Bertz CT molecular complexity index is 1120. The molecule has 0 saturated heterocycles. The number of hydrogen-bond donors (Lipinski definition) is 1. The van der Waals surface area contributed by atoms with Gasteiger partial charge in [0.25, 0.3) is 5.91 Å². The number of Topliss-reactive ketones (excluding diaryl/α,β-unsaturated/α-hetero) is 2. The summed E-state index contributed by atoms with van der Waals surface area (Å²) < 4.78 is 72.9. The monoisotopic (exact) mass is 505 g/mol. The molecule has 34 heavy (non-hydrogen) atoms. The van der Waals surface area contributed by atoms with E-state index in [9.17, 15) is 41.1 Å². The van der Waals surface area contributed by atoms with E-state index < -0.39 is 79.0 Å². The molecule has 1 N–H and O–H groups in total. The molecule has 1 aliphatic rings. The van der Waals surface area contributed by atoms with Gasteiger partial charge in [0.1, 0.15) is 21.8 Å². The van der Waals surface area contributed by atoms with Crippen LogP contribution in [0.4, 0.5) is 13.2 Å². The second-order valence-electron chi connectivity index (χ2n) is 7.50. The Balaban J connectivity index is 2.77. The molecule has 0 unspecified atom stereocenters. The summed E-state index contributed by atoms with van der Waals surface area (Å²) in [4.78, 5) is 38.0. The number of amides is 1. The molecule has 1 aromatic carbocycles. The van der Waals surface area contributed by atoms with Crippen molar-refractivity contribution in [3.8, 4) is 5.75 Å². The molecule has 0 atom stereocenters. The van der Waals surface area contributed by atoms with Crippen molar-refractivity contribution in [3.05, 3.63) is 34.6 Å². The smallest absolute Gasteiger partial charge is 0.420 e. The van der Waals surface area contributed by atoms with Crippen LogP contribution < -0.4 is 4.74 Å². The maximum absolute atomic E-state index is 14.2. The molecule has 0 saturated carbocycles. The van der Waals surface area contributed by atoms with Crippen molar-refractivity contribution in [2.45, 2.75) is 51.1 Å². The van der Waals surface area contributed by atoms with E-state index in [2.05, 4.69) is 0 Å². The van der Waals surface area contributed by atoms with Crippen LogP contribution in [-0.2, 0) is 25.6 Å². The van der Waals surface area contributed by atoms with Gasteiger partial charge >= 0.3 is 6.18 Å². The summed E-state index contributed by atoms with van der Waals surface area (Å²) in [5.41, 5.74) is -3.55. The number of ether oxygens (including phenoxy) is 1. The van der Waals surface area contributed by atoms with Crippen molar-refractivity contribution in [2.24, 2.45) is 0 Å². The number of likely N-dealkylation sites (N-methyl/N-ethyl adjacent to an activating group) is 1. The standard InChI is InChI=1S/C22H26F3NO7S/c1-4-26(5-2)17(29)12-33-21-16(34(31,32)6-3)11-10-13(19(21)22(23,24)25)20(30)18-14(27)8-7-9-15(18)28/h10-11,27H,4-9,12H2,1-3H3. The van der Waals surface area contributed by atoms with Gasteiger partial charge in [0.2, 0.25) is 5.78 Å². The normalized spacial score (nSPS) is 14.8. The van der Waals surface area contributed by atoms with Crippen LogP contribution in [0.1, 0.15) is 56.0 Å². The van der Waals surface area contributed by atoms with E-state index in [1.54, 1.807) is 13.8 Å². The number of alkyl halides is 3. The number of rotatable bonds is 9.